The summed E-state index contributed by atoms with van der Waals surface area (Å²) in [5, 5.41) is 9.87. The fourth-order valence-electron chi connectivity index (χ4n) is 2.01. The van der Waals surface area contributed by atoms with E-state index in [1.165, 1.54) is 19.8 Å². The van der Waals surface area contributed by atoms with Crippen molar-refractivity contribution in [2.75, 3.05) is 0 Å². The first-order chi connectivity index (χ1) is 8.56. The number of aliphatic hydroxyl groups excluding tert-OH is 1. The second kappa shape index (κ2) is 7.47. The van der Waals surface area contributed by atoms with Crippen LogP contribution in [-0.4, -0.2) is 5.11 Å². The Labute approximate surface area is 108 Å². The molecule has 1 N–H and O–H groups in total. The van der Waals surface area contributed by atoms with Crippen LogP contribution in [0, 0.1) is 18.6 Å². The van der Waals surface area contributed by atoms with Crippen molar-refractivity contribution in [3.8, 4) is 0 Å². The largest absolute Gasteiger partial charge is 0.388 e. The molecule has 0 aliphatic rings. The molecule has 3 heteroatoms. The van der Waals surface area contributed by atoms with Crippen LogP contribution in [0.3, 0.4) is 0 Å². The zero-order valence-corrected chi connectivity index (χ0v) is 11.2. The van der Waals surface area contributed by atoms with Crippen LogP contribution in [0.4, 0.5) is 8.78 Å². The first kappa shape index (κ1) is 15.1. The summed E-state index contributed by atoms with van der Waals surface area (Å²) >= 11 is 0. The van der Waals surface area contributed by atoms with Crippen LogP contribution in [-0.2, 0) is 0 Å². The summed E-state index contributed by atoms with van der Waals surface area (Å²) in [6, 6.07) is 2.26. The van der Waals surface area contributed by atoms with Crippen LogP contribution in [0.25, 0.3) is 0 Å². The first-order valence-electron chi connectivity index (χ1n) is 6.69. The molecule has 0 spiro atoms. The lowest BCUT2D eigenvalue weighted by molar-refractivity contribution is 0.158. The Morgan fingerprint density at radius 2 is 1.72 bits per heavy atom. The van der Waals surface area contributed by atoms with E-state index in [4.69, 9.17) is 0 Å². The van der Waals surface area contributed by atoms with E-state index in [9.17, 15) is 13.9 Å². The number of halogens is 2. The molecule has 102 valence electrons. The van der Waals surface area contributed by atoms with Gasteiger partial charge in [0.25, 0.3) is 0 Å². The lowest BCUT2D eigenvalue weighted by atomic mass is 10.0. The Bertz CT molecular complexity index is 377. The molecule has 0 aromatic heterocycles. The van der Waals surface area contributed by atoms with Crippen LogP contribution < -0.4 is 0 Å². The molecular weight excluding hydrogens is 234 g/mol. The summed E-state index contributed by atoms with van der Waals surface area (Å²) in [7, 11) is 0. The van der Waals surface area contributed by atoms with Gasteiger partial charge < -0.3 is 5.11 Å². The van der Waals surface area contributed by atoms with Crippen molar-refractivity contribution in [1.29, 1.82) is 0 Å². The molecule has 1 atom stereocenters. The Morgan fingerprint density at radius 3 is 2.39 bits per heavy atom. The van der Waals surface area contributed by atoms with Gasteiger partial charge in [-0.15, -0.1) is 0 Å². The summed E-state index contributed by atoms with van der Waals surface area (Å²) in [6.07, 6.45) is 4.94. The molecule has 1 rings (SSSR count). The van der Waals surface area contributed by atoms with Crippen LogP contribution >= 0.6 is 0 Å². The van der Waals surface area contributed by atoms with Gasteiger partial charge in [0, 0.05) is 5.56 Å². The number of benzene rings is 1. The van der Waals surface area contributed by atoms with E-state index in [0.29, 0.717) is 6.42 Å². The second-order valence-electron chi connectivity index (χ2n) is 4.84. The minimum atomic E-state index is -0.901. The number of aliphatic hydroxyl groups is 1. The fraction of sp³-hybridized carbons (Fsp3) is 0.600. The standard InChI is InChI=1S/C15H22F2O/c1-3-4-5-6-7-8-15(18)12-10-13(16)11(2)9-14(12)17/h9-10,15,18H,3-8H2,1-2H3. The molecule has 0 aliphatic heterocycles. The number of unbranched alkanes of at least 4 members (excludes halogenated alkanes) is 4. The molecule has 1 nitrogen and oxygen atoms in total. The van der Waals surface area contributed by atoms with E-state index in [0.717, 1.165) is 31.4 Å². The molecule has 1 unspecified atom stereocenters. The van der Waals surface area contributed by atoms with E-state index in [1.807, 2.05) is 0 Å². The van der Waals surface area contributed by atoms with Crippen molar-refractivity contribution in [2.24, 2.45) is 0 Å². The van der Waals surface area contributed by atoms with Crippen molar-refractivity contribution in [3.05, 3.63) is 34.9 Å². The van der Waals surface area contributed by atoms with E-state index in [1.54, 1.807) is 0 Å². The monoisotopic (exact) mass is 256 g/mol. The molecule has 0 heterocycles. The van der Waals surface area contributed by atoms with Crippen LogP contribution in [0.15, 0.2) is 12.1 Å². The van der Waals surface area contributed by atoms with Crippen LogP contribution in [0.5, 0.6) is 0 Å². The van der Waals surface area contributed by atoms with Gasteiger partial charge in [-0.1, -0.05) is 39.0 Å². The molecule has 0 amide bonds. The Kier molecular flexibility index (Phi) is 6.27. The highest BCUT2D eigenvalue weighted by atomic mass is 19.1. The fourth-order valence-corrected chi connectivity index (χ4v) is 2.01. The zero-order valence-electron chi connectivity index (χ0n) is 11.2. The van der Waals surface area contributed by atoms with Gasteiger partial charge in [0.05, 0.1) is 6.10 Å². The van der Waals surface area contributed by atoms with Crippen molar-refractivity contribution >= 4 is 0 Å². The summed E-state index contributed by atoms with van der Waals surface area (Å²) in [5.74, 6) is -0.980. The zero-order chi connectivity index (χ0) is 13.5. The van der Waals surface area contributed by atoms with Gasteiger partial charge in [-0.05, 0) is 31.0 Å². The molecule has 0 fully saturated rings. The van der Waals surface area contributed by atoms with Crippen molar-refractivity contribution in [1.82, 2.24) is 0 Å². The third kappa shape index (κ3) is 4.37. The normalized spacial score (nSPS) is 12.7. The maximum absolute atomic E-state index is 13.6. The maximum atomic E-state index is 13.6. The van der Waals surface area contributed by atoms with Crippen molar-refractivity contribution in [3.63, 3.8) is 0 Å². The maximum Gasteiger partial charge on any atom is 0.129 e. The predicted octanol–water partition coefficient (Wildman–Crippen LogP) is 4.67. The van der Waals surface area contributed by atoms with E-state index < -0.39 is 17.7 Å². The summed E-state index contributed by atoms with van der Waals surface area (Å²) in [5.41, 5.74) is 0.347. The second-order valence-corrected chi connectivity index (χ2v) is 4.84. The van der Waals surface area contributed by atoms with Gasteiger partial charge in [-0.3, -0.25) is 0 Å². The minimum absolute atomic E-state index is 0.0774. The van der Waals surface area contributed by atoms with Crippen LogP contribution in [0.2, 0.25) is 0 Å². The molecule has 0 radical (unpaired) electrons. The van der Waals surface area contributed by atoms with E-state index in [2.05, 4.69) is 6.92 Å². The molecule has 0 saturated carbocycles. The van der Waals surface area contributed by atoms with Gasteiger partial charge in [0.2, 0.25) is 0 Å². The minimum Gasteiger partial charge on any atom is -0.388 e. The summed E-state index contributed by atoms with van der Waals surface area (Å²) < 4.78 is 26.9. The smallest absolute Gasteiger partial charge is 0.129 e. The number of hydrogen-bond acceptors (Lipinski definition) is 1. The molecule has 0 aliphatic carbocycles. The highest BCUT2D eigenvalue weighted by Crippen LogP contribution is 2.25. The predicted molar refractivity (Wildman–Crippen MR) is 69.4 cm³/mol. The summed E-state index contributed by atoms with van der Waals surface area (Å²) in [6.45, 7) is 3.65. The molecule has 0 saturated heterocycles. The average Bonchev–Trinajstić information content (AvgIpc) is 2.33. The Morgan fingerprint density at radius 1 is 1.06 bits per heavy atom. The quantitative estimate of drug-likeness (QED) is 0.703. The third-order valence-electron chi connectivity index (χ3n) is 3.22. The van der Waals surface area contributed by atoms with Crippen LogP contribution in [0.1, 0.15) is 62.7 Å². The van der Waals surface area contributed by atoms with Gasteiger partial charge in [0.15, 0.2) is 0 Å². The number of hydrogen-bond donors (Lipinski definition) is 1. The highest BCUT2D eigenvalue weighted by molar-refractivity contribution is 5.26. The highest BCUT2D eigenvalue weighted by Gasteiger charge is 2.15. The molecule has 18 heavy (non-hydrogen) atoms. The lowest BCUT2D eigenvalue weighted by Crippen LogP contribution is -2.03. The topological polar surface area (TPSA) is 20.2 Å². The first-order valence-corrected chi connectivity index (χ1v) is 6.69. The molecule has 0 bridgehead atoms. The van der Waals surface area contributed by atoms with Crippen molar-refractivity contribution in [2.45, 2.75) is 58.5 Å². The number of aryl methyl sites for hydroxylation is 1. The molecular formula is C15H22F2O. The van der Waals surface area contributed by atoms with Gasteiger partial charge in [0.1, 0.15) is 11.6 Å². The van der Waals surface area contributed by atoms with E-state index in [-0.39, 0.29) is 11.1 Å². The summed E-state index contributed by atoms with van der Waals surface area (Å²) in [4.78, 5) is 0. The van der Waals surface area contributed by atoms with E-state index >= 15 is 0 Å². The SMILES string of the molecule is CCCCCCCC(O)c1cc(F)c(C)cc1F. The van der Waals surface area contributed by atoms with Gasteiger partial charge in [-0.2, -0.15) is 0 Å². The lowest BCUT2D eigenvalue weighted by Gasteiger charge is -2.13. The van der Waals surface area contributed by atoms with Crippen molar-refractivity contribution < 1.29 is 13.9 Å². The number of rotatable bonds is 7. The average molecular weight is 256 g/mol. The third-order valence-corrected chi connectivity index (χ3v) is 3.22. The molecule has 1 aromatic carbocycles. The van der Waals surface area contributed by atoms with Gasteiger partial charge >= 0.3 is 0 Å². The Hall–Kier alpha value is -0.960. The van der Waals surface area contributed by atoms with Gasteiger partial charge in [-0.25, -0.2) is 8.78 Å². The molecule has 1 aromatic rings. The Balaban J connectivity index is 2.51.